The molecule has 5 aromatic carbocycles. The number of nitro groups is 1. The zero-order chi connectivity index (χ0) is 37.7. The van der Waals surface area contributed by atoms with Crippen molar-refractivity contribution < 1.29 is 27.9 Å². The second kappa shape index (κ2) is 16.6. The molecule has 2 aliphatic rings. The van der Waals surface area contributed by atoms with Crippen LogP contribution in [0.1, 0.15) is 41.6 Å². The predicted octanol–water partition coefficient (Wildman–Crippen LogP) is 6.85. The summed E-state index contributed by atoms with van der Waals surface area (Å²) in [5, 5.41) is 20.8. The van der Waals surface area contributed by atoms with Crippen molar-refractivity contribution in [2.45, 2.75) is 43.5 Å². The fourth-order valence-electron chi connectivity index (χ4n) is 7.19. The normalized spacial score (nSPS) is 20.8. The molecule has 11 nitrogen and oxygen atoms in total. The average Bonchev–Trinajstić information content (AvgIpc) is 3.22. The lowest BCUT2D eigenvalue weighted by Gasteiger charge is -2.44. The highest BCUT2D eigenvalue weighted by Gasteiger charge is 2.39. The van der Waals surface area contributed by atoms with Crippen LogP contribution in [0.15, 0.2) is 132 Å². The third-order valence-electron chi connectivity index (χ3n) is 10.4. The molecule has 2 N–H and O–H groups in total. The molecule has 0 spiro atoms. The molecule has 0 amide bonds. The molecule has 280 valence electrons. The van der Waals surface area contributed by atoms with E-state index in [1.807, 2.05) is 84.9 Å². The van der Waals surface area contributed by atoms with E-state index in [1.54, 1.807) is 42.5 Å². The van der Waals surface area contributed by atoms with Crippen LogP contribution in [-0.4, -0.2) is 62.2 Å². The molecule has 2 heterocycles. The number of nitrogens with one attached hydrogen (secondary N) is 1. The molecular weight excluding hydrogens is 705 g/mol. The lowest BCUT2D eigenvalue weighted by Crippen LogP contribution is -2.51. The summed E-state index contributed by atoms with van der Waals surface area (Å²) in [6, 6.07) is 38.7. The minimum atomic E-state index is -3.67. The summed E-state index contributed by atoms with van der Waals surface area (Å²) in [6.07, 6.45) is -1.02. The Balaban J connectivity index is 1.07. The number of hydrogen-bond donors (Lipinski definition) is 2. The Morgan fingerprint density at radius 1 is 0.796 bits per heavy atom. The van der Waals surface area contributed by atoms with Crippen LogP contribution >= 0.6 is 0 Å². The largest absolute Gasteiger partial charge is 0.392 e. The molecule has 0 bridgehead atoms. The molecule has 2 fully saturated rings. The predicted molar refractivity (Wildman–Crippen MR) is 207 cm³/mol. The van der Waals surface area contributed by atoms with Gasteiger partial charge in [-0.25, -0.2) is 13.1 Å². The first-order valence-corrected chi connectivity index (χ1v) is 19.6. The number of benzene rings is 5. The number of aliphatic hydroxyl groups excluding tert-OH is 1. The van der Waals surface area contributed by atoms with Crippen molar-refractivity contribution in [3.63, 3.8) is 0 Å². The van der Waals surface area contributed by atoms with Gasteiger partial charge in [0.1, 0.15) is 0 Å². The van der Waals surface area contributed by atoms with E-state index in [0.717, 1.165) is 65.2 Å². The van der Waals surface area contributed by atoms with Gasteiger partial charge in [0, 0.05) is 68.6 Å². The van der Waals surface area contributed by atoms with E-state index in [0.29, 0.717) is 6.54 Å². The summed E-state index contributed by atoms with van der Waals surface area (Å²) >= 11 is 0. The van der Waals surface area contributed by atoms with E-state index in [-0.39, 0.29) is 46.8 Å². The second-order valence-corrected chi connectivity index (χ2v) is 15.6. The van der Waals surface area contributed by atoms with Crippen molar-refractivity contribution in [2.24, 2.45) is 5.92 Å². The number of hydrogen-bond acceptors (Lipinski definition) is 9. The van der Waals surface area contributed by atoms with E-state index < -0.39 is 16.3 Å². The van der Waals surface area contributed by atoms with E-state index >= 15 is 0 Å². The molecule has 54 heavy (non-hydrogen) atoms. The fourth-order valence-corrected chi connectivity index (χ4v) is 8.22. The summed E-state index contributed by atoms with van der Waals surface area (Å²) in [4.78, 5) is 15.6. The Labute approximate surface area is 316 Å². The average molecular weight is 749 g/mol. The van der Waals surface area contributed by atoms with Crippen LogP contribution in [0, 0.1) is 16.0 Å². The molecule has 0 aromatic heterocycles. The molecule has 7 rings (SSSR count). The van der Waals surface area contributed by atoms with Crippen LogP contribution < -0.4 is 9.62 Å². The van der Waals surface area contributed by atoms with Gasteiger partial charge in [-0.1, -0.05) is 97.9 Å². The van der Waals surface area contributed by atoms with Gasteiger partial charge in [-0.15, -0.1) is 0 Å². The number of nitro benzene ring substituents is 1. The number of ether oxygens (including phenoxy) is 2. The Kier molecular flexibility index (Phi) is 11.5. The number of nitrogens with zero attached hydrogens (tertiary/aromatic N) is 3. The SMILES string of the molecule is C[C@H]1[C@@H](CN2CCN(c3ccc([N+](=O)[O-])cc3)CC2)O[C@@H](c2ccc(-c3ccccc3CNS(=O)(=O)c3ccccc3)cc2)O[C@H]1c1ccc(CO)cc1. The van der Waals surface area contributed by atoms with E-state index in [4.69, 9.17) is 9.47 Å². The van der Waals surface area contributed by atoms with Gasteiger partial charge >= 0.3 is 0 Å². The first kappa shape index (κ1) is 37.4. The molecular formula is C42H44N4O7S. The third kappa shape index (κ3) is 8.55. The van der Waals surface area contributed by atoms with Crippen molar-refractivity contribution in [2.75, 3.05) is 37.6 Å². The maximum Gasteiger partial charge on any atom is 0.269 e. The summed E-state index contributed by atoms with van der Waals surface area (Å²) in [7, 11) is -3.67. The highest BCUT2D eigenvalue weighted by molar-refractivity contribution is 7.89. The summed E-state index contributed by atoms with van der Waals surface area (Å²) < 4.78 is 42.1. The molecule has 0 unspecified atom stereocenters. The minimum absolute atomic E-state index is 0.0275. The van der Waals surface area contributed by atoms with Crippen molar-refractivity contribution in [1.82, 2.24) is 9.62 Å². The van der Waals surface area contributed by atoms with E-state index in [1.165, 1.54) is 0 Å². The van der Waals surface area contributed by atoms with E-state index in [9.17, 15) is 23.6 Å². The Bertz CT molecular complexity index is 2130. The Morgan fingerprint density at radius 2 is 1.44 bits per heavy atom. The van der Waals surface area contributed by atoms with Crippen molar-refractivity contribution in [3.8, 4) is 11.1 Å². The zero-order valence-corrected chi connectivity index (χ0v) is 30.8. The van der Waals surface area contributed by atoms with Gasteiger partial charge in [0.05, 0.1) is 28.6 Å². The monoisotopic (exact) mass is 748 g/mol. The number of non-ortho nitro benzene ring substituents is 1. The van der Waals surface area contributed by atoms with Crippen LogP contribution in [0.3, 0.4) is 0 Å². The molecule has 2 saturated heterocycles. The molecule has 0 saturated carbocycles. The summed E-state index contributed by atoms with van der Waals surface area (Å²) in [6.45, 7) is 6.21. The summed E-state index contributed by atoms with van der Waals surface area (Å²) in [5.74, 6) is 0.0275. The van der Waals surface area contributed by atoms with Crippen LogP contribution in [0.4, 0.5) is 11.4 Å². The third-order valence-corrected chi connectivity index (χ3v) is 11.8. The molecule has 5 aromatic rings. The van der Waals surface area contributed by atoms with Crippen molar-refractivity contribution in [1.29, 1.82) is 0 Å². The van der Waals surface area contributed by atoms with Gasteiger partial charge in [-0.05, 0) is 52.1 Å². The van der Waals surface area contributed by atoms with Gasteiger partial charge in [0.2, 0.25) is 10.0 Å². The first-order valence-electron chi connectivity index (χ1n) is 18.1. The molecule has 0 aliphatic carbocycles. The lowest BCUT2D eigenvalue weighted by atomic mass is 9.89. The van der Waals surface area contributed by atoms with Gasteiger partial charge in [0.25, 0.3) is 5.69 Å². The van der Waals surface area contributed by atoms with Gasteiger partial charge < -0.3 is 19.5 Å². The van der Waals surface area contributed by atoms with Crippen LogP contribution in [0.5, 0.6) is 0 Å². The quantitative estimate of drug-likeness (QED) is 0.104. The maximum absolute atomic E-state index is 12.9. The summed E-state index contributed by atoms with van der Waals surface area (Å²) in [5.41, 5.74) is 6.50. The standard InChI is InChI=1S/C42H44N4O7S/c1-30-40(28-44-23-25-45(26-24-44)36-19-21-37(22-20-36)46(48)49)52-42(53-41(30)33-13-11-31(29-47)12-14-33)34-17-15-32(16-18-34)39-10-6-5-7-35(39)27-43-54(50,51)38-8-3-2-4-9-38/h2-22,30,40-43,47H,23-29H2,1H3/t30-,40+,41+,42+/m0/s1. The smallest absolute Gasteiger partial charge is 0.269 e. The molecule has 2 aliphatic heterocycles. The Morgan fingerprint density at radius 3 is 2.11 bits per heavy atom. The number of aliphatic hydroxyl groups is 1. The number of piperazine rings is 1. The number of rotatable bonds is 12. The molecule has 0 radical (unpaired) electrons. The molecule has 4 atom stereocenters. The first-order chi connectivity index (χ1) is 26.2. The minimum Gasteiger partial charge on any atom is -0.392 e. The Hall–Kier alpha value is -4.95. The van der Waals surface area contributed by atoms with Crippen LogP contribution in [0.25, 0.3) is 11.1 Å². The number of sulfonamides is 1. The van der Waals surface area contributed by atoms with Crippen molar-refractivity contribution >= 4 is 21.4 Å². The second-order valence-electron chi connectivity index (χ2n) is 13.8. The lowest BCUT2D eigenvalue weighted by molar-refractivity contribution is -0.384. The highest BCUT2D eigenvalue weighted by atomic mass is 32.2. The van der Waals surface area contributed by atoms with E-state index in [2.05, 4.69) is 21.4 Å². The van der Waals surface area contributed by atoms with Crippen LogP contribution in [-0.2, 0) is 32.6 Å². The fraction of sp³-hybridized carbons (Fsp3) is 0.286. The number of anilines is 1. The van der Waals surface area contributed by atoms with Crippen LogP contribution in [0.2, 0.25) is 0 Å². The van der Waals surface area contributed by atoms with Gasteiger partial charge in [-0.2, -0.15) is 0 Å². The topological polar surface area (TPSA) is 134 Å². The highest BCUT2D eigenvalue weighted by Crippen LogP contribution is 2.42. The van der Waals surface area contributed by atoms with Gasteiger partial charge in [-0.3, -0.25) is 15.0 Å². The maximum atomic E-state index is 12.9. The van der Waals surface area contributed by atoms with Gasteiger partial charge in [0.15, 0.2) is 6.29 Å². The van der Waals surface area contributed by atoms with Crippen molar-refractivity contribution in [3.05, 3.63) is 160 Å². The zero-order valence-electron chi connectivity index (χ0n) is 30.0. The molecule has 12 heteroatoms.